The smallest absolute Gasteiger partial charge is 0.153 e. The van der Waals surface area contributed by atoms with E-state index in [1.807, 2.05) is 44.2 Å². The molecule has 0 unspecified atom stereocenters. The number of hydrogen-bond acceptors (Lipinski definition) is 4. The summed E-state index contributed by atoms with van der Waals surface area (Å²) in [7, 11) is 0. The van der Waals surface area contributed by atoms with Gasteiger partial charge in [-0.15, -0.1) is 4.91 Å². The maximum absolute atomic E-state index is 10.9. The van der Waals surface area contributed by atoms with E-state index in [9.17, 15) is 4.91 Å². The largest absolute Gasteiger partial charge is 0.485 e. The number of aryl methyl sites for hydroxylation is 2. The second-order valence-electron chi connectivity index (χ2n) is 4.08. The monoisotopic (exact) mass is 242 g/mol. The van der Waals surface area contributed by atoms with Gasteiger partial charge in [0.2, 0.25) is 0 Å². The van der Waals surface area contributed by atoms with Crippen molar-refractivity contribution in [2.75, 3.05) is 0 Å². The molecule has 0 aliphatic rings. The normalized spacial score (nSPS) is 10.1. The van der Waals surface area contributed by atoms with Crippen molar-refractivity contribution < 1.29 is 4.74 Å². The first-order chi connectivity index (χ1) is 8.72. The summed E-state index contributed by atoms with van der Waals surface area (Å²) in [6.45, 7) is 4.05. The lowest BCUT2D eigenvalue weighted by Gasteiger charge is -2.11. The van der Waals surface area contributed by atoms with Gasteiger partial charge in [-0.3, -0.25) is 4.98 Å². The number of ether oxygens (including phenoxy) is 1. The molecule has 4 heteroatoms. The van der Waals surface area contributed by atoms with E-state index in [1.165, 1.54) is 0 Å². The van der Waals surface area contributed by atoms with Crippen LogP contribution in [0.2, 0.25) is 0 Å². The molecule has 0 atom stereocenters. The van der Waals surface area contributed by atoms with Gasteiger partial charge in [0, 0.05) is 6.20 Å². The van der Waals surface area contributed by atoms with Crippen molar-refractivity contribution in [3.63, 3.8) is 0 Å². The van der Waals surface area contributed by atoms with Crippen molar-refractivity contribution in [3.8, 4) is 5.75 Å². The van der Waals surface area contributed by atoms with Gasteiger partial charge in [0.05, 0.1) is 5.69 Å². The van der Waals surface area contributed by atoms with E-state index >= 15 is 0 Å². The third-order valence-corrected chi connectivity index (χ3v) is 2.71. The van der Waals surface area contributed by atoms with E-state index < -0.39 is 0 Å². The maximum Gasteiger partial charge on any atom is 0.153 e. The highest BCUT2D eigenvalue weighted by molar-refractivity contribution is 5.60. The molecule has 1 aromatic heterocycles. The Bertz CT molecular complexity index is 553. The third-order valence-electron chi connectivity index (χ3n) is 2.71. The molecule has 0 spiro atoms. The Kier molecular flexibility index (Phi) is 3.67. The van der Waals surface area contributed by atoms with Gasteiger partial charge in [0.25, 0.3) is 0 Å². The van der Waals surface area contributed by atoms with Crippen LogP contribution in [-0.4, -0.2) is 4.98 Å². The number of hydrogen-bond donors (Lipinski definition) is 0. The minimum absolute atomic E-state index is 0.327. The van der Waals surface area contributed by atoms with Crippen LogP contribution in [0, 0.1) is 18.8 Å². The number of aromatic nitrogens is 1. The van der Waals surface area contributed by atoms with E-state index in [2.05, 4.69) is 10.2 Å². The quantitative estimate of drug-likeness (QED) is 0.768. The molecule has 0 bridgehead atoms. The maximum atomic E-state index is 10.9. The Morgan fingerprint density at radius 2 is 1.94 bits per heavy atom. The van der Waals surface area contributed by atoms with Gasteiger partial charge in [-0.25, -0.2) is 0 Å². The lowest BCUT2D eigenvalue weighted by molar-refractivity contribution is 0.300. The second-order valence-corrected chi connectivity index (χ2v) is 4.08. The molecule has 2 rings (SSSR count). The summed E-state index contributed by atoms with van der Waals surface area (Å²) in [5.74, 6) is 0.538. The molecule has 0 aliphatic heterocycles. The van der Waals surface area contributed by atoms with Crippen molar-refractivity contribution in [2.24, 2.45) is 5.18 Å². The molecule has 1 aromatic carbocycles. The molecule has 1 heterocycles. The standard InChI is InChI=1S/C14H14N2O2/c1-10-6-7-11(2)14(13(10)16-17)18-9-12-5-3-4-8-15-12/h3-8H,9H2,1-2H3. The van der Waals surface area contributed by atoms with Gasteiger partial charge < -0.3 is 4.74 Å². The van der Waals surface area contributed by atoms with Crippen molar-refractivity contribution in [3.05, 3.63) is 58.3 Å². The number of nitrogens with zero attached hydrogens (tertiary/aromatic N) is 2. The van der Waals surface area contributed by atoms with Crippen LogP contribution in [0.3, 0.4) is 0 Å². The summed E-state index contributed by atoms with van der Waals surface area (Å²) in [5, 5.41) is 3.05. The molecule has 0 radical (unpaired) electrons. The van der Waals surface area contributed by atoms with E-state index in [0.717, 1.165) is 16.8 Å². The second kappa shape index (κ2) is 5.40. The van der Waals surface area contributed by atoms with Crippen LogP contribution < -0.4 is 4.74 Å². The molecule has 2 aromatic rings. The van der Waals surface area contributed by atoms with Gasteiger partial charge in [-0.05, 0) is 42.3 Å². The number of nitroso groups, excluding NO2 is 1. The number of rotatable bonds is 4. The predicted octanol–water partition coefficient (Wildman–Crippen LogP) is 3.68. The zero-order valence-corrected chi connectivity index (χ0v) is 10.4. The lowest BCUT2D eigenvalue weighted by Crippen LogP contribution is -1.99. The van der Waals surface area contributed by atoms with E-state index in [1.54, 1.807) is 6.20 Å². The van der Waals surface area contributed by atoms with Gasteiger partial charge in [-0.2, -0.15) is 0 Å². The van der Waals surface area contributed by atoms with Crippen LogP contribution in [-0.2, 0) is 6.61 Å². The minimum atomic E-state index is 0.327. The van der Waals surface area contributed by atoms with Crippen LogP contribution in [0.4, 0.5) is 5.69 Å². The summed E-state index contributed by atoms with van der Waals surface area (Å²) in [6, 6.07) is 9.39. The van der Waals surface area contributed by atoms with E-state index in [4.69, 9.17) is 4.74 Å². The Morgan fingerprint density at radius 1 is 1.17 bits per heavy atom. The lowest BCUT2D eigenvalue weighted by atomic mass is 10.1. The topological polar surface area (TPSA) is 51.6 Å². The average molecular weight is 242 g/mol. The van der Waals surface area contributed by atoms with Gasteiger partial charge in [0.15, 0.2) is 11.4 Å². The van der Waals surface area contributed by atoms with Crippen molar-refractivity contribution >= 4 is 5.69 Å². The summed E-state index contributed by atoms with van der Waals surface area (Å²) >= 11 is 0. The highest BCUT2D eigenvalue weighted by Crippen LogP contribution is 2.34. The van der Waals surface area contributed by atoms with Crippen LogP contribution in [0.1, 0.15) is 16.8 Å². The fraction of sp³-hybridized carbons (Fsp3) is 0.214. The number of pyridine rings is 1. The third kappa shape index (κ3) is 2.53. The van der Waals surface area contributed by atoms with Gasteiger partial charge in [-0.1, -0.05) is 18.2 Å². The highest BCUT2D eigenvalue weighted by Gasteiger charge is 2.11. The van der Waals surface area contributed by atoms with E-state index in [0.29, 0.717) is 18.0 Å². The molecule has 0 saturated carbocycles. The molecular weight excluding hydrogens is 228 g/mol. The molecule has 92 valence electrons. The van der Waals surface area contributed by atoms with Crippen LogP contribution in [0.25, 0.3) is 0 Å². The SMILES string of the molecule is Cc1ccc(C)c(OCc2ccccn2)c1N=O. The van der Waals surface area contributed by atoms with Crippen molar-refractivity contribution in [2.45, 2.75) is 20.5 Å². The van der Waals surface area contributed by atoms with Gasteiger partial charge in [0.1, 0.15) is 6.61 Å². The molecular formula is C14H14N2O2. The first kappa shape index (κ1) is 12.2. The zero-order chi connectivity index (χ0) is 13.0. The van der Waals surface area contributed by atoms with Crippen molar-refractivity contribution in [1.29, 1.82) is 0 Å². The molecule has 0 aliphatic carbocycles. The predicted molar refractivity (Wildman–Crippen MR) is 69.9 cm³/mol. The minimum Gasteiger partial charge on any atom is -0.485 e. The molecule has 0 amide bonds. The van der Waals surface area contributed by atoms with Crippen LogP contribution >= 0.6 is 0 Å². The van der Waals surface area contributed by atoms with Crippen LogP contribution in [0.5, 0.6) is 5.75 Å². The average Bonchev–Trinajstić information content (AvgIpc) is 2.41. The van der Waals surface area contributed by atoms with Gasteiger partial charge >= 0.3 is 0 Å². The molecule has 18 heavy (non-hydrogen) atoms. The Labute approximate surface area is 106 Å². The Balaban J connectivity index is 2.24. The Hall–Kier alpha value is -2.23. The van der Waals surface area contributed by atoms with Crippen LogP contribution in [0.15, 0.2) is 41.7 Å². The molecule has 0 N–H and O–H groups in total. The first-order valence-corrected chi connectivity index (χ1v) is 5.68. The fourth-order valence-corrected chi connectivity index (χ4v) is 1.70. The zero-order valence-electron chi connectivity index (χ0n) is 10.4. The molecule has 0 saturated heterocycles. The molecule has 0 fully saturated rings. The summed E-state index contributed by atoms with van der Waals surface area (Å²) in [4.78, 5) is 15.0. The highest BCUT2D eigenvalue weighted by atomic mass is 16.5. The Morgan fingerprint density at radius 3 is 2.61 bits per heavy atom. The fourth-order valence-electron chi connectivity index (χ4n) is 1.70. The number of benzene rings is 1. The molecule has 4 nitrogen and oxygen atoms in total. The first-order valence-electron chi connectivity index (χ1n) is 5.68. The summed E-state index contributed by atoms with van der Waals surface area (Å²) in [6.07, 6.45) is 1.71. The van der Waals surface area contributed by atoms with E-state index in [-0.39, 0.29) is 0 Å². The summed E-state index contributed by atoms with van der Waals surface area (Å²) < 4.78 is 5.67. The van der Waals surface area contributed by atoms with Crippen molar-refractivity contribution in [1.82, 2.24) is 4.98 Å². The summed E-state index contributed by atoms with van der Waals surface area (Å²) in [5.41, 5.74) is 2.89.